The van der Waals surface area contributed by atoms with Gasteiger partial charge in [0, 0.05) is 5.39 Å². The summed E-state index contributed by atoms with van der Waals surface area (Å²) in [5, 5.41) is 9.69. The van der Waals surface area contributed by atoms with Gasteiger partial charge in [-0.2, -0.15) is 5.10 Å². The maximum atomic E-state index is 4.01. The number of nitrogens with one attached hydrogen (secondary N) is 1. The molecule has 68 valence electrons. The van der Waals surface area contributed by atoms with E-state index in [0.29, 0.717) is 0 Å². The van der Waals surface area contributed by atoms with E-state index in [-0.39, 0.29) is 0 Å². The molecule has 0 spiro atoms. The Hall–Kier alpha value is -1.09. The van der Waals surface area contributed by atoms with Crippen molar-refractivity contribution < 1.29 is 0 Å². The summed E-state index contributed by atoms with van der Waals surface area (Å²) in [4.78, 5) is 0. The molecule has 0 atom stereocenters. The zero-order chi connectivity index (χ0) is 9.47. The van der Waals surface area contributed by atoms with Crippen LogP contribution in [0.3, 0.4) is 0 Å². The summed E-state index contributed by atoms with van der Waals surface area (Å²) in [5.74, 6) is 0. The molecule has 3 heteroatoms. The van der Waals surface area contributed by atoms with Gasteiger partial charge in [-0.05, 0) is 6.07 Å². The van der Waals surface area contributed by atoms with Crippen molar-refractivity contribution in [2.45, 2.75) is 19.6 Å². The lowest BCUT2D eigenvalue weighted by atomic mass is 10.3. The minimum atomic E-state index is -1.17. The number of fused-ring (bicyclic) bond motifs is 1. The lowest BCUT2D eigenvalue weighted by Gasteiger charge is -2.15. The van der Waals surface area contributed by atoms with E-state index >= 15 is 0 Å². The topological polar surface area (TPSA) is 28.7 Å². The van der Waals surface area contributed by atoms with Crippen LogP contribution in [0.4, 0.5) is 0 Å². The second-order valence-electron chi connectivity index (χ2n) is 4.42. The quantitative estimate of drug-likeness (QED) is 0.685. The first-order chi connectivity index (χ1) is 6.07. The van der Waals surface area contributed by atoms with Crippen LogP contribution in [-0.4, -0.2) is 18.3 Å². The van der Waals surface area contributed by atoms with Gasteiger partial charge in [-0.3, -0.25) is 5.10 Å². The molecule has 0 unspecified atom stereocenters. The molecule has 2 rings (SSSR count). The molecule has 0 aliphatic rings. The van der Waals surface area contributed by atoms with Gasteiger partial charge in [0.1, 0.15) is 0 Å². The molecule has 0 amide bonds. The van der Waals surface area contributed by atoms with Gasteiger partial charge in [-0.1, -0.05) is 37.0 Å². The maximum Gasteiger partial charge on any atom is 0.0776 e. The van der Waals surface area contributed by atoms with Crippen LogP contribution in [0, 0.1) is 0 Å². The molecular formula is C10H14N2Si. The number of hydrogen-bond acceptors (Lipinski definition) is 1. The zero-order valence-electron chi connectivity index (χ0n) is 8.26. The van der Waals surface area contributed by atoms with E-state index < -0.39 is 8.07 Å². The Bertz CT molecular complexity index is 426. The first-order valence-electron chi connectivity index (χ1n) is 4.51. The molecule has 0 aliphatic carbocycles. The molecule has 1 N–H and O–H groups in total. The fraction of sp³-hybridized carbons (Fsp3) is 0.300. The fourth-order valence-electron chi connectivity index (χ4n) is 1.41. The second kappa shape index (κ2) is 2.70. The zero-order valence-corrected chi connectivity index (χ0v) is 9.26. The van der Waals surface area contributed by atoms with Crippen LogP contribution in [0.1, 0.15) is 0 Å². The van der Waals surface area contributed by atoms with E-state index in [4.69, 9.17) is 0 Å². The lowest BCUT2D eigenvalue weighted by Crippen LogP contribution is -2.37. The Labute approximate surface area is 79.0 Å². The monoisotopic (exact) mass is 190 g/mol. The number of aromatic nitrogens is 2. The number of nitrogens with zero attached hydrogens (tertiary/aromatic N) is 1. The molecular weight excluding hydrogens is 176 g/mol. The smallest absolute Gasteiger partial charge is 0.0776 e. The Morgan fingerprint density at radius 3 is 2.69 bits per heavy atom. The van der Waals surface area contributed by atoms with E-state index in [1.165, 1.54) is 10.6 Å². The number of aromatic amines is 1. The summed E-state index contributed by atoms with van der Waals surface area (Å²) in [6, 6.07) is 6.59. The van der Waals surface area contributed by atoms with Crippen LogP contribution in [0.5, 0.6) is 0 Å². The highest BCUT2D eigenvalue weighted by Gasteiger charge is 2.16. The van der Waals surface area contributed by atoms with Gasteiger partial charge in [0.15, 0.2) is 0 Å². The van der Waals surface area contributed by atoms with E-state index in [1.807, 2.05) is 6.20 Å². The third-order valence-electron chi connectivity index (χ3n) is 2.31. The number of H-pyrrole nitrogens is 1. The van der Waals surface area contributed by atoms with Crippen molar-refractivity contribution in [3.8, 4) is 0 Å². The highest BCUT2D eigenvalue weighted by atomic mass is 28.3. The molecule has 0 radical (unpaired) electrons. The van der Waals surface area contributed by atoms with Crippen molar-refractivity contribution >= 4 is 24.2 Å². The van der Waals surface area contributed by atoms with Gasteiger partial charge in [0.2, 0.25) is 0 Å². The summed E-state index contributed by atoms with van der Waals surface area (Å²) < 4.78 is 0. The highest BCUT2D eigenvalue weighted by Crippen LogP contribution is 2.10. The van der Waals surface area contributed by atoms with Crippen LogP contribution < -0.4 is 5.19 Å². The fourth-order valence-corrected chi connectivity index (χ4v) is 2.58. The first-order valence-corrected chi connectivity index (χ1v) is 8.01. The molecule has 1 aromatic heterocycles. The molecule has 0 fully saturated rings. The predicted molar refractivity (Wildman–Crippen MR) is 59.1 cm³/mol. The third kappa shape index (κ3) is 1.51. The van der Waals surface area contributed by atoms with E-state index in [2.05, 4.69) is 48.0 Å². The molecule has 13 heavy (non-hydrogen) atoms. The predicted octanol–water partition coefficient (Wildman–Crippen LogP) is 2.11. The Morgan fingerprint density at radius 1 is 1.23 bits per heavy atom. The molecule has 2 aromatic rings. The van der Waals surface area contributed by atoms with Crippen LogP contribution in [0.15, 0.2) is 24.4 Å². The number of hydrogen-bond donors (Lipinski definition) is 1. The summed E-state index contributed by atoms with van der Waals surface area (Å²) in [6.07, 6.45) is 1.89. The Balaban J connectivity index is 2.61. The standard InChI is InChI=1S/C10H14N2Si/c1-13(2,3)9-4-5-10-8(6-9)7-11-12-10/h4-7H,1-3H3,(H,11,12). The van der Waals surface area contributed by atoms with Crippen LogP contribution in [-0.2, 0) is 0 Å². The molecule has 0 bridgehead atoms. The molecule has 0 saturated carbocycles. The van der Waals surface area contributed by atoms with Gasteiger partial charge in [0.25, 0.3) is 0 Å². The SMILES string of the molecule is C[Si](C)(C)c1ccc2[nH]ncc2c1. The number of rotatable bonds is 1. The van der Waals surface area contributed by atoms with Crippen molar-refractivity contribution in [3.05, 3.63) is 24.4 Å². The van der Waals surface area contributed by atoms with Crippen LogP contribution in [0.2, 0.25) is 19.6 Å². The second-order valence-corrected chi connectivity index (χ2v) is 9.50. The van der Waals surface area contributed by atoms with Gasteiger partial charge in [0.05, 0.1) is 19.8 Å². The molecule has 2 nitrogen and oxygen atoms in total. The minimum absolute atomic E-state index is 1.13. The summed E-state index contributed by atoms with van der Waals surface area (Å²) in [7, 11) is -1.17. The lowest BCUT2D eigenvalue weighted by molar-refractivity contribution is 1.12. The highest BCUT2D eigenvalue weighted by molar-refractivity contribution is 6.88. The van der Waals surface area contributed by atoms with Crippen LogP contribution in [0.25, 0.3) is 10.9 Å². The van der Waals surface area contributed by atoms with Gasteiger partial charge >= 0.3 is 0 Å². The van der Waals surface area contributed by atoms with Crippen molar-refractivity contribution in [1.29, 1.82) is 0 Å². The third-order valence-corrected chi connectivity index (χ3v) is 4.35. The molecule has 0 saturated heterocycles. The molecule has 1 heterocycles. The van der Waals surface area contributed by atoms with Crippen molar-refractivity contribution in [2.75, 3.05) is 0 Å². The average molecular weight is 190 g/mol. The van der Waals surface area contributed by atoms with Crippen molar-refractivity contribution in [2.24, 2.45) is 0 Å². The van der Waals surface area contributed by atoms with E-state index in [0.717, 1.165) is 5.52 Å². The normalized spacial score (nSPS) is 12.2. The largest absolute Gasteiger partial charge is 0.278 e. The van der Waals surface area contributed by atoms with Crippen LogP contribution >= 0.6 is 0 Å². The van der Waals surface area contributed by atoms with Crippen molar-refractivity contribution in [3.63, 3.8) is 0 Å². The first kappa shape index (κ1) is 8.50. The summed E-state index contributed by atoms with van der Waals surface area (Å²) in [5.41, 5.74) is 1.13. The van der Waals surface area contributed by atoms with Gasteiger partial charge < -0.3 is 0 Å². The number of benzene rings is 1. The summed E-state index contributed by atoms with van der Waals surface area (Å²) in [6.45, 7) is 7.07. The van der Waals surface area contributed by atoms with Gasteiger partial charge in [-0.25, -0.2) is 0 Å². The Morgan fingerprint density at radius 2 is 2.00 bits per heavy atom. The van der Waals surface area contributed by atoms with E-state index in [1.54, 1.807) is 0 Å². The molecule has 0 aliphatic heterocycles. The average Bonchev–Trinajstić information content (AvgIpc) is 2.47. The maximum absolute atomic E-state index is 4.01. The van der Waals surface area contributed by atoms with Gasteiger partial charge in [-0.15, -0.1) is 0 Å². The van der Waals surface area contributed by atoms with E-state index in [9.17, 15) is 0 Å². The van der Waals surface area contributed by atoms with Crippen molar-refractivity contribution in [1.82, 2.24) is 10.2 Å². The Kier molecular flexibility index (Phi) is 1.77. The summed E-state index contributed by atoms with van der Waals surface area (Å²) >= 11 is 0. The molecule has 1 aromatic carbocycles. The minimum Gasteiger partial charge on any atom is -0.278 e.